The minimum atomic E-state index is -2.05. The van der Waals surface area contributed by atoms with E-state index in [0.717, 1.165) is 278 Å². The Hall–Kier alpha value is -7.20. The Bertz CT molecular complexity index is 7150. The molecule has 0 bridgehead atoms. The van der Waals surface area contributed by atoms with Crippen LogP contribution in [-0.4, -0.2) is 246 Å². The molecule has 0 atom stereocenters. The summed E-state index contributed by atoms with van der Waals surface area (Å²) in [6.07, 6.45) is 21.2. The van der Waals surface area contributed by atoms with Crippen LogP contribution in [0.25, 0.3) is 61.3 Å². The largest absolute Gasteiger partial charge is 0.367 e. The SMILES string of the molecule is [2H]C1([2H])CC([2H])([2H])c2c1sc1ncnc(NC3CCC(N(C)C)CC3)c21.[2H]C1([2H])CCc2c1sc1ncnc(NC3CCC(N(C)C([2H])([2H])[2H])CC3)c21.[2H]C1([2H])CCc2sc3ncnc(NC4CCC(N(C)C([2H])([2H])[2H])CC4)c3c21.[2H]C1([2H])Cc2c(sc3ncnc(NC4CCC(N(C)C)CC4)c23)C1([2H])[2H].[2H]C1([2H])Cc2sc3ncnc(NC4CCC(N(C)C([2H])([2H])[2H])CC4)c3c2C1.[2H]C1([2H])Cc2sc3ncnc(NC4CCC(N(C)C)CC4)c3c2C1([2H])[2H]. The van der Waals surface area contributed by atoms with E-state index in [0.29, 0.717) is 110 Å². The van der Waals surface area contributed by atoms with E-state index in [2.05, 4.69) is 149 Å². The van der Waals surface area contributed by atoms with E-state index >= 15 is 0 Å². The van der Waals surface area contributed by atoms with Crippen molar-refractivity contribution in [3.8, 4) is 0 Å². The van der Waals surface area contributed by atoms with Crippen LogP contribution in [0.3, 0.4) is 0 Å². The predicted molar refractivity (Wildman–Crippen MR) is 557 cm³/mol. The molecule has 0 aliphatic heterocycles. The standard InChI is InChI=1S/6C17H24N4S/c6*1-21(2)12-8-6-11(7-9-12)20-16-15-13-4-3-5-14(13)22-17(15)19-10-18-16/h6*10-12H,3-9H2,1-2H3,(H,18,19,20)/i4D2,5D2;3D2,5D2;3D2,4D2;1D3,5D2;1D3,4D2;1D3,3D2. The Morgan fingerprint density at radius 3 is 0.818 bits per heavy atom. The minimum absolute atomic E-state index is 0.0699. The van der Waals surface area contributed by atoms with Crippen LogP contribution in [0.5, 0.6) is 0 Å². The van der Waals surface area contributed by atoms with Gasteiger partial charge in [-0.3, -0.25) is 0 Å². The Kier molecular flexibility index (Phi) is 21.5. The average molecular weight is 1930 g/mol. The third-order valence-corrected chi connectivity index (χ3v) is 35.5. The van der Waals surface area contributed by atoms with Crippen molar-refractivity contribution in [1.82, 2.24) is 89.2 Å². The molecule has 0 spiro atoms. The highest BCUT2D eigenvalue weighted by Crippen LogP contribution is 2.47. The third-order valence-electron chi connectivity index (χ3n) is 28.9. The summed E-state index contributed by atoms with van der Waals surface area (Å²) in [6.45, 7) is -6.13. The van der Waals surface area contributed by atoms with E-state index in [9.17, 15) is 0 Å². The lowest BCUT2D eigenvalue weighted by atomic mass is 9.90. The quantitative estimate of drug-likeness (QED) is 0.0467. The third kappa shape index (κ3) is 21.2. The van der Waals surface area contributed by atoms with Crippen LogP contribution in [0.1, 0.15) is 292 Å². The highest BCUT2D eigenvalue weighted by Gasteiger charge is 2.35. The first-order chi connectivity index (χ1) is 74.6. The summed E-state index contributed by atoms with van der Waals surface area (Å²) in [7, 11) is 17.8. The Labute approximate surface area is 844 Å². The number of nitrogens with zero attached hydrogens (tertiary/aromatic N) is 18. The van der Waals surface area contributed by atoms with E-state index < -0.39 is 78.3 Å². The lowest BCUT2D eigenvalue weighted by Gasteiger charge is -2.33. The maximum Gasteiger partial charge on any atom is 0.138 e. The normalized spacial score (nSPS) is 31.6. The number of hydrogen-bond acceptors (Lipinski definition) is 30. The highest BCUT2D eigenvalue weighted by atomic mass is 32.1. The number of rotatable bonds is 18. The van der Waals surface area contributed by atoms with Crippen molar-refractivity contribution >= 4 is 164 Å². The minimum Gasteiger partial charge on any atom is -0.367 e. The molecular formula is C102H144N24S6. The second-order valence-corrected chi connectivity index (χ2v) is 44.2. The lowest BCUT2D eigenvalue weighted by molar-refractivity contribution is 0.221. The van der Waals surface area contributed by atoms with Gasteiger partial charge in [0.05, 0.1) is 32.3 Å². The highest BCUT2D eigenvalue weighted by molar-refractivity contribution is 7.20. The van der Waals surface area contributed by atoms with Crippen LogP contribution < -0.4 is 31.9 Å². The number of fused-ring (bicyclic) bond motifs is 18. The number of anilines is 6. The van der Waals surface area contributed by atoms with Crippen LogP contribution in [0.4, 0.5) is 34.9 Å². The summed E-state index contributed by atoms with van der Waals surface area (Å²) >= 11 is 8.50. The number of hydrogen-bond donors (Lipinski definition) is 6. The molecule has 6 N–H and O–H groups in total. The molecule has 12 aliphatic rings. The molecule has 708 valence electrons. The fourth-order valence-electron chi connectivity index (χ4n) is 21.2. The molecule has 0 unspecified atom stereocenters. The molecule has 0 radical (unpaired) electrons. The maximum absolute atomic E-state index is 8.37. The molecule has 12 heterocycles. The van der Waals surface area contributed by atoms with Gasteiger partial charge in [0.1, 0.15) is 102 Å². The molecule has 12 aromatic heterocycles. The Morgan fingerprint density at radius 2 is 0.470 bits per heavy atom. The van der Waals surface area contributed by atoms with Gasteiger partial charge < -0.3 is 61.3 Å². The second kappa shape index (κ2) is 42.8. The Morgan fingerprint density at radius 1 is 0.235 bits per heavy atom. The summed E-state index contributed by atoms with van der Waals surface area (Å²) in [5, 5.41) is 26.1. The zero-order valence-electron chi connectivity index (χ0n) is 104. The van der Waals surface area contributed by atoms with Crippen LogP contribution in [-0.2, 0) is 76.8 Å². The van der Waals surface area contributed by atoms with E-state index in [-0.39, 0.29) is 55.5 Å². The summed E-state index contributed by atoms with van der Waals surface area (Å²) in [6, 6.07) is 3.77. The van der Waals surface area contributed by atoms with Crippen LogP contribution >= 0.6 is 68.0 Å². The summed E-state index contributed by atoms with van der Waals surface area (Å²) < 4.78 is 216. The molecule has 24 rings (SSSR count). The second-order valence-electron chi connectivity index (χ2n) is 37.9. The fraction of sp³-hybridized carbons (Fsp3) is 0.647. The number of nitrogens with one attached hydrogen (secondary N) is 6. The summed E-state index contributed by atoms with van der Waals surface area (Å²) in [5.74, 6) is 4.35. The average Bonchev–Trinajstić information content (AvgIpc) is 1.54. The molecule has 12 aromatic rings. The zero-order chi connectivity index (χ0) is 114. The van der Waals surface area contributed by atoms with Crippen LogP contribution in [0.15, 0.2) is 38.0 Å². The van der Waals surface area contributed by atoms with Gasteiger partial charge in [0.25, 0.3) is 0 Å². The molecule has 6 fully saturated rings. The molecular weight excluding hydrogens is 1750 g/mol. The lowest BCUT2D eigenvalue weighted by Crippen LogP contribution is -2.36. The first kappa shape index (κ1) is 66.3. The van der Waals surface area contributed by atoms with Gasteiger partial charge in [-0.2, -0.15) is 0 Å². The Balaban J connectivity index is 0.000000118. The first-order valence-corrected chi connectivity index (χ1v) is 52.4. The van der Waals surface area contributed by atoms with Gasteiger partial charge in [-0.15, -0.1) is 68.0 Å². The smallest absolute Gasteiger partial charge is 0.138 e. The molecule has 12 aliphatic carbocycles. The molecule has 0 aromatic carbocycles. The fourth-order valence-corrected chi connectivity index (χ4v) is 27.6. The predicted octanol–water partition coefficient (Wildman–Crippen LogP) is 20.8. The van der Waals surface area contributed by atoms with Crippen LogP contribution in [0.2, 0.25) is 0 Å². The molecule has 6 saturated carbocycles. The maximum atomic E-state index is 8.37. The van der Waals surface area contributed by atoms with Crippen molar-refractivity contribution in [3.63, 3.8) is 0 Å². The van der Waals surface area contributed by atoms with E-state index in [1.807, 2.05) is 0 Å². The van der Waals surface area contributed by atoms with Crippen LogP contribution in [0, 0.1) is 0 Å². The topological polar surface area (TPSA) is 246 Å². The van der Waals surface area contributed by atoms with Gasteiger partial charge in [0.15, 0.2) is 0 Å². The number of aryl methyl sites for hydroxylation is 12. The summed E-state index contributed by atoms with van der Waals surface area (Å²) in [5.41, 5.74) is 4.52. The monoisotopic (exact) mass is 1920 g/mol. The zero-order valence-corrected chi connectivity index (χ0v) is 82.1. The van der Waals surface area contributed by atoms with Crippen molar-refractivity contribution in [3.05, 3.63) is 101 Å². The molecule has 30 heteroatoms. The van der Waals surface area contributed by atoms with Gasteiger partial charge in [0, 0.05) is 139 Å². The summed E-state index contributed by atoms with van der Waals surface area (Å²) in [4.78, 5) is 73.4. The van der Waals surface area contributed by atoms with E-state index in [1.54, 1.807) is 62.8 Å². The number of aromatic nitrogens is 12. The van der Waals surface area contributed by atoms with Gasteiger partial charge in [-0.05, 0) is 387 Å². The van der Waals surface area contributed by atoms with Crippen molar-refractivity contribution in [2.45, 2.75) is 342 Å². The van der Waals surface area contributed by atoms with Gasteiger partial charge in [0.2, 0.25) is 0 Å². The van der Waals surface area contributed by atoms with Gasteiger partial charge in [-0.1, -0.05) is 0 Å². The van der Waals surface area contributed by atoms with Gasteiger partial charge in [-0.25, -0.2) is 59.8 Å². The molecule has 0 saturated heterocycles. The van der Waals surface area contributed by atoms with E-state index in [4.69, 9.17) is 37.0 Å². The van der Waals surface area contributed by atoms with Crippen molar-refractivity contribution < 1.29 is 37.0 Å². The first-order valence-electron chi connectivity index (χ1n) is 61.0. The van der Waals surface area contributed by atoms with E-state index in [1.165, 1.54) is 79.0 Å². The van der Waals surface area contributed by atoms with Crippen molar-refractivity contribution in [2.24, 2.45) is 0 Å². The van der Waals surface area contributed by atoms with Crippen molar-refractivity contribution in [1.29, 1.82) is 0 Å². The molecule has 24 nitrogen and oxygen atoms in total. The van der Waals surface area contributed by atoms with Gasteiger partial charge >= 0.3 is 0 Å². The number of thiophene rings is 6. The van der Waals surface area contributed by atoms with Crippen molar-refractivity contribution in [2.75, 3.05) is 116 Å². The molecule has 132 heavy (non-hydrogen) atoms. The molecule has 0 amide bonds.